The second-order valence-corrected chi connectivity index (χ2v) is 5.17. The lowest BCUT2D eigenvalue weighted by Crippen LogP contribution is -2.16. The van der Waals surface area contributed by atoms with E-state index >= 15 is 0 Å². The van der Waals surface area contributed by atoms with E-state index in [9.17, 15) is 13.6 Å². The molecule has 4 heteroatoms. The van der Waals surface area contributed by atoms with Crippen molar-refractivity contribution in [1.29, 1.82) is 0 Å². The van der Waals surface area contributed by atoms with Gasteiger partial charge in [0.05, 0.1) is 5.56 Å². The molecule has 0 amide bonds. The highest BCUT2D eigenvalue weighted by Crippen LogP contribution is 2.22. The van der Waals surface area contributed by atoms with Crippen LogP contribution in [0.2, 0.25) is 0 Å². The molecule has 0 radical (unpaired) electrons. The molecule has 2 nitrogen and oxygen atoms in total. The van der Waals surface area contributed by atoms with Gasteiger partial charge in [0.1, 0.15) is 11.6 Å². The van der Waals surface area contributed by atoms with Gasteiger partial charge in [-0.2, -0.15) is 0 Å². The van der Waals surface area contributed by atoms with Crippen LogP contribution in [0.15, 0.2) is 18.2 Å². The van der Waals surface area contributed by atoms with Gasteiger partial charge < -0.3 is 5.73 Å². The van der Waals surface area contributed by atoms with E-state index in [1.165, 1.54) is 0 Å². The molecule has 0 saturated carbocycles. The average molecular weight is 269 g/mol. The molecule has 0 aliphatic rings. The third kappa shape index (κ3) is 4.71. The van der Waals surface area contributed by atoms with Crippen LogP contribution in [0.1, 0.15) is 43.5 Å². The Balaban J connectivity index is 2.66. The van der Waals surface area contributed by atoms with Crippen LogP contribution in [-0.4, -0.2) is 12.3 Å². The van der Waals surface area contributed by atoms with Crippen molar-refractivity contribution in [3.63, 3.8) is 0 Å². The van der Waals surface area contributed by atoms with Crippen LogP contribution >= 0.6 is 0 Å². The van der Waals surface area contributed by atoms with Crippen LogP contribution in [0.25, 0.3) is 0 Å². The third-order valence-electron chi connectivity index (χ3n) is 3.45. The largest absolute Gasteiger partial charge is 0.330 e. The van der Waals surface area contributed by atoms with Crippen molar-refractivity contribution in [3.05, 3.63) is 35.4 Å². The van der Waals surface area contributed by atoms with Crippen LogP contribution < -0.4 is 5.73 Å². The van der Waals surface area contributed by atoms with E-state index in [1.54, 1.807) is 0 Å². The van der Waals surface area contributed by atoms with E-state index in [0.29, 0.717) is 24.8 Å². The first kappa shape index (κ1) is 15.8. The molecule has 0 aromatic heterocycles. The number of benzene rings is 1. The number of carbonyl (C=O) groups is 1. The van der Waals surface area contributed by atoms with Gasteiger partial charge in [0.2, 0.25) is 0 Å². The van der Waals surface area contributed by atoms with E-state index in [-0.39, 0.29) is 17.8 Å². The predicted octanol–water partition coefficient (Wildman–Crippen LogP) is 3.55. The second-order valence-electron chi connectivity index (χ2n) is 5.17. The predicted molar refractivity (Wildman–Crippen MR) is 71.9 cm³/mol. The number of carbonyl (C=O) groups excluding carboxylic acids is 1. The Morgan fingerprint density at radius 3 is 2.53 bits per heavy atom. The van der Waals surface area contributed by atoms with Crippen LogP contribution in [0.3, 0.4) is 0 Å². The van der Waals surface area contributed by atoms with Gasteiger partial charge >= 0.3 is 0 Å². The van der Waals surface area contributed by atoms with Crippen molar-refractivity contribution < 1.29 is 13.6 Å². The van der Waals surface area contributed by atoms with Crippen LogP contribution in [-0.2, 0) is 0 Å². The lowest BCUT2D eigenvalue weighted by Gasteiger charge is -2.19. The van der Waals surface area contributed by atoms with Crippen LogP contribution in [0, 0.1) is 23.5 Å². The molecule has 106 valence electrons. The monoisotopic (exact) mass is 269 g/mol. The maximum atomic E-state index is 13.4. The maximum absolute atomic E-state index is 13.4. The van der Waals surface area contributed by atoms with Gasteiger partial charge in [-0.1, -0.05) is 13.8 Å². The Kier molecular flexibility index (Phi) is 6.09. The third-order valence-corrected chi connectivity index (χ3v) is 3.45. The summed E-state index contributed by atoms with van der Waals surface area (Å²) in [6, 6.07) is 2.96. The molecule has 2 N–H and O–H groups in total. The van der Waals surface area contributed by atoms with Crippen molar-refractivity contribution in [2.45, 2.75) is 33.1 Å². The minimum atomic E-state index is -0.661. The van der Waals surface area contributed by atoms with Crippen molar-refractivity contribution in [3.8, 4) is 0 Å². The fourth-order valence-electron chi connectivity index (χ4n) is 2.19. The maximum Gasteiger partial charge on any atom is 0.165 e. The quantitative estimate of drug-likeness (QED) is 0.769. The first-order chi connectivity index (χ1) is 8.95. The summed E-state index contributed by atoms with van der Waals surface area (Å²) in [6.07, 6.45) is 1.73. The zero-order valence-corrected chi connectivity index (χ0v) is 11.5. The summed E-state index contributed by atoms with van der Waals surface area (Å²) in [7, 11) is 0. The summed E-state index contributed by atoms with van der Waals surface area (Å²) in [5.41, 5.74) is 5.38. The highest BCUT2D eigenvalue weighted by molar-refractivity contribution is 5.96. The van der Waals surface area contributed by atoms with E-state index < -0.39 is 11.6 Å². The Morgan fingerprint density at radius 2 is 1.95 bits per heavy atom. The molecule has 0 spiro atoms. The summed E-state index contributed by atoms with van der Waals surface area (Å²) >= 11 is 0. The minimum absolute atomic E-state index is 0.157. The van der Waals surface area contributed by atoms with Crippen molar-refractivity contribution in [2.24, 2.45) is 17.6 Å². The van der Waals surface area contributed by atoms with Gasteiger partial charge in [0.15, 0.2) is 5.78 Å². The standard InChI is InChI=1S/C15H21F2NO/c1-10(2)11(7-8-18)3-6-15(19)13-9-12(16)4-5-14(13)17/h4-5,9-11H,3,6-8,18H2,1-2H3. The molecule has 0 fully saturated rings. The molecule has 19 heavy (non-hydrogen) atoms. The van der Waals surface area contributed by atoms with Gasteiger partial charge in [0.25, 0.3) is 0 Å². The van der Waals surface area contributed by atoms with Crippen LogP contribution in [0.4, 0.5) is 8.78 Å². The number of Topliss-reactive ketones (excluding diaryl/α,β-unsaturated/α-hetero) is 1. The number of hydrogen-bond acceptors (Lipinski definition) is 2. The molecule has 1 rings (SSSR count). The molecule has 0 aliphatic carbocycles. The Hall–Kier alpha value is -1.29. The number of nitrogens with two attached hydrogens (primary N) is 1. The van der Waals surface area contributed by atoms with Gasteiger partial charge in [-0.15, -0.1) is 0 Å². The van der Waals surface area contributed by atoms with Gasteiger partial charge in [-0.05, 0) is 49.4 Å². The molecule has 0 aliphatic heterocycles. The van der Waals surface area contributed by atoms with Gasteiger partial charge in [0, 0.05) is 6.42 Å². The molecule has 1 aromatic carbocycles. The van der Waals surface area contributed by atoms with Gasteiger partial charge in [-0.3, -0.25) is 4.79 Å². The van der Waals surface area contributed by atoms with E-state index in [2.05, 4.69) is 13.8 Å². The molecule has 1 aromatic rings. The molecule has 0 saturated heterocycles. The first-order valence-electron chi connectivity index (χ1n) is 6.64. The summed E-state index contributed by atoms with van der Waals surface area (Å²) in [5.74, 6) is -0.836. The van der Waals surface area contributed by atoms with E-state index in [1.807, 2.05) is 0 Å². The van der Waals surface area contributed by atoms with Crippen molar-refractivity contribution >= 4 is 5.78 Å². The molecular formula is C15H21F2NO. The Labute approximate surface area is 113 Å². The number of rotatable bonds is 7. The highest BCUT2D eigenvalue weighted by atomic mass is 19.1. The average Bonchev–Trinajstić information content (AvgIpc) is 2.36. The summed E-state index contributed by atoms with van der Waals surface area (Å²) in [4.78, 5) is 11.9. The number of ketones is 1. The van der Waals surface area contributed by atoms with E-state index in [4.69, 9.17) is 5.73 Å². The molecule has 1 unspecified atom stereocenters. The molecule has 0 bridgehead atoms. The fraction of sp³-hybridized carbons (Fsp3) is 0.533. The molecule has 1 atom stereocenters. The first-order valence-corrected chi connectivity index (χ1v) is 6.64. The minimum Gasteiger partial charge on any atom is -0.330 e. The van der Waals surface area contributed by atoms with Gasteiger partial charge in [-0.25, -0.2) is 8.78 Å². The Bertz CT molecular complexity index is 432. The SMILES string of the molecule is CC(C)C(CCN)CCC(=O)c1cc(F)ccc1F. The second kappa shape index (κ2) is 7.34. The highest BCUT2D eigenvalue weighted by Gasteiger charge is 2.17. The topological polar surface area (TPSA) is 43.1 Å². The molecule has 0 heterocycles. The lowest BCUT2D eigenvalue weighted by molar-refractivity contribution is 0.0964. The normalized spacial score (nSPS) is 12.7. The smallest absolute Gasteiger partial charge is 0.165 e. The number of halogens is 2. The van der Waals surface area contributed by atoms with Crippen molar-refractivity contribution in [2.75, 3.05) is 6.54 Å². The Morgan fingerprint density at radius 1 is 1.26 bits per heavy atom. The summed E-state index contributed by atoms with van der Waals surface area (Å²) in [5, 5.41) is 0. The van der Waals surface area contributed by atoms with E-state index in [0.717, 1.165) is 24.6 Å². The number of hydrogen-bond donors (Lipinski definition) is 1. The van der Waals surface area contributed by atoms with Crippen molar-refractivity contribution in [1.82, 2.24) is 0 Å². The zero-order valence-electron chi connectivity index (χ0n) is 11.5. The van der Waals surface area contributed by atoms with Crippen LogP contribution in [0.5, 0.6) is 0 Å². The lowest BCUT2D eigenvalue weighted by atomic mass is 9.87. The zero-order chi connectivity index (χ0) is 14.4. The summed E-state index contributed by atoms with van der Waals surface area (Å²) in [6.45, 7) is 4.73. The summed E-state index contributed by atoms with van der Waals surface area (Å²) < 4.78 is 26.5. The fourth-order valence-corrected chi connectivity index (χ4v) is 2.19. The molecular weight excluding hydrogens is 248 g/mol.